The Balaban J connectivity index is 1.97. The Morgan fingerprint density at radius 1 is 1.21 bits per heavy atom. The minimum atomic E-state index is -0.885. The molecule has 0 bridgehead atoms. The summed E-state index contributed by atoms with van der Waals surface area (Å²) in [5.74, 6) is 0.511. The van der Waals surface area contributed by atoms with Crippen molar-refractivity contribution in [3.63, 3.8) is 0 Å². The summed E-state index contributed by atoms with van der Waals surface area (Å²) in [6, 6.07) is 7.07. The smallest absolute Gasteiger partial charge is 0.336 e. The van der Waals surface area contributed by atoms with Crippen LogP contribution in [0.15, 0.2) is 24.3 Å². The number of ether oxygens (including phenoxy) is 1. The quantitative estimate of drug-likeness (QED) is 0.899. The molecular weight excluding hydrogens is 240 g/mol. The second kappa shape index (κ2) is 6.20. The molecular formula is C16H22O3. The van der Waals surface area contributed by atoms with Gasteiger partial charge in [-0.1, -0.05) is 32.0 Å². The molecule has 19 heavy (non-hydrogen) atoms. The SMILES string of the molecule is CC1CC(C)CC(OCc2ccccc2C(=O)O)C1. The van der Waals surface area contributed by atoms with Crippen molar-refractivity contribution in [2.75, 3.05) is 0 Å². The van der Waals surface area contributed by atoms with Crippen LogP contribution in [0.3, 0.4) is 0 Å². The first-order valence-electron chi connectivity index (χ1n) is 6.99. The molecule has 104 valence electrons. The van der Waals surface area contributed by atoms with Crippen LogP contribution in [0.2, 0.25) is 0 Å². The second-order valence-corrected chi connectivity index (χ2v) is 5.81. The molecule has 2 rings (SSSR count). The number of carboxylic acids is 1. The summed E-state index contributed by atoms with van der Waals surface area (Å²) in [7, 11) is 0. The number of carbonyl (C=O) groups is 1. The van der Waals surface area contributed by atoms with E-state index in [1.54, 1.807) is 12.1 Å². The van der Waals surface area contributed by atoms with Crippen LogP contribution in [-0.4, -0.2) is 17.2 Å². The first-order valence-corrected chi connectivity index (χ1v) is 6.99. The Labute approximate surface area is 114 Å². The van der Waals surface area contributed by atoms with Gasteiger partial charge in [0.05, 0.1) is 18.3 Å². The number of hydrogen-bond donors (Lipinski definition) is 1. The van der Waals surface area contributed by atoms with E-state index in [1.807, 2.05) is 12.1 Å². The number of hydrogen-bond acceptors (Lipinski definition) is 2. The van der Waals surface area contributed by atoms with E-state index in [1.165, 1.54) is 6.42 Å². The van der Waals surface area contributed by atoms with Crippen LogP contribution >= 0.6 is 0 Å². The highest BCUT2D eigenvalue weighted by molar-refractivity contribution is 5.89. The zero-order chi connectivity index (χ0) is 13.8. The van der Waals surface area contributed by atoms with Gasteiger partial charge in [0, 0.05) is 0 Å². The molecule has 0 aromatic heterocycles. The molecule has 1 fully saturated rings. The third-order valence-electron chi connectivity index (χ3n) is 3.86. The van der Waals surface area contributed by atoms with Crippen LogP contribution in [0.1, 0.15) is 49.0 Å². The Morgan fingerprint density at radius 3 is 2.47 bits per heavy atom. The van der Waals surface area contributed by atoms with E-state index in [0.717, 1.165) is 18.4 Å². The van der Waals surface area contributed by atoms with Gasteiger partial charge in [-0.15, -0.1) is 0 Å². The average molecular weight is 262 g/mol. The highest BCUT2D eigenvalue weighted by Gasteiger charge is 2.24. The predicted molar refractivity (Wildman–Crippen MR) is 74.2 cm³/mol. The van der Waals surface area contributed by atoms with Crippen LogP contribution in [0.5, 0.6) is 0 Å². The van der Waals surface area contributed by atoms with Gasteiger partial charge in [0.2, 0.25) is 0 Å². The van der Waals surface area contributed by atoms with Gasteiger partial charge in [-0.3, -0.25) is 0 Å². The Morgan fingerprint density at radius 2 is 1.84 bits per heavy atom. The van der Waals surface area contributed by atoms with Gasteiger partial charge >= 0.3 is 5.97 Å². The zero-order valence-electron chi connectivity index (χ0n) is 11.6. The summed E-state index contributed by atoms with van der Waals surface area (Å²) >= 11 is 0. The molecule has 2 atom stereocenters. The van der Waals surface area contributed by atoms with E-state index >= 15 is 0 Å². The monoisotopic (exact) mass is 262 g/mol. The highest BCUT2D eigenvalue weighted by Crippen LogP contribution is 2.30. The topological polar surface area (TPSA) is 46.5 Å². The summed E-state index contributed by atoms with van der Waals surface area (Å²) < 4.78 is 5.94. The molecule has 0 aliphatic heterocycles. The van der Waals surface area contributed by atoms with Gasteiger partial charge < -0.3 is 9.84 Å². The Hall–Kier alpha value is -1.35. The minimum Gasteiger partial charge on any atom is -0.478 e. The molecule has 1 aliphatic rings. The fourth-order valence-corrected chi connectivity index (χ4v) is 3.07. The predicted octanol–water partition coefficient (Wildman–Crippen LogP) is 3.73. The van der Waals surface area contributed by atoms with Crippen molar-refractivity contribution in [1.82, 2.24) is 0 Å². The zero-order valence-corrected chi connectivity index (χ0v) is 11.6. The molecule has 1 aromatic rings. The van der Waals surface area contributed by atoms with Gasteiger partial charge in [-0.25, -0.2) is 4.79 Å². The van der Waals surface area contributed by atoms with Gasteiger partial charge in [0.1, 0.15) is 0 Å². The maximum atomic E-state index is 11.1. The molecule has 1 aromatic carbocycles. The molecule has 0 saturated heterocycles. The molecule has 1 aliphatic carbocycles. The molecule has 0 spiro atoms. The average Bonchev–Trinajstić information content (AvgIpc) is 2.35. The fourth-order valence-electron chi connectivity index (χ4n) is 3.07. The summed E-state index contributed by atoms with van der Waals surface area (Å²) in [6.45, 7) is 4.92. The first kappa shape index (κ1) is 14.1. The van der Waals surface area contributed by atoms with Crippen LogP contribution in [0.25, 0.3) is 0 Å². The largest absolute Gasteiger partial charge is 0.478 e. The summed E-state index contributed by atoms with van der Waals surface area (Å²) in [6.07, 6.45) is 3.70. The molecule has 3 nitrogen and oxygen atoms in total. The van der Waals surface area contributed by atoms with Gasteiger partial charge in [0.25, 0.3) is 0 Å². The van der Waals surface area contributed by atoms with Gasteiger partial charge in [-0.05, 0) is 42.7 Å². The van der Waals surface area contributed by atoms with Crippen molar-refractivity contribution in [1.29, 1.82) is 0 Å². The lowest BCUT2D eigenvalue weighted by atomic mass is 9.82. The van der Waals surface area contributed by atoms with Gasteiger partial charge in [0.15, 0.2) is 0 Å². The summed E-state index contributed by atoms with van der Waals surface area (Å²) in [5.41, 5.74) is 1.11. The highest BCUT2D eigenvalue weighted by atomic mass is 16.5. The lowest BCUT2D eigenvalue weighted by molar-refractivity contribution is -0.00956. The van der Waals surface area contributed by atoms with E-state index < -0.39 is 5.97 Å². The van der Waals surface area contributed by atoms with E-state index in [-0.39, 0.29) is 6.10 Å². The maximum absolute atomic E-state index is 11.1. The third-order valence-corrected chi connectivity index (χ3v) is 3.86. The van der Waals surface area contributed by atoms with Crippen LogP contribution in [0, 0.1) is 11.8 Å². The van der Waals surface area contributed by atoms with Crippen molar-refractivity contribution in [3.05, 3.63) is 35.4 Å². The lowest BCUT2D eigenvalue weighted by Crippen LogP contribution is -2.26. The van der Waals surface area contributed by atoms with E-state index in [4.69, 9.17) is 9.84 Å². The molecule has 1 N–H and O–H groups in total. The van der Waals surface area contributed by atoms with E-state index in [2.05, 4.69) is 13.8 Å². The van der Waals surface area contributed by atoms with Crippen LogP contribution in [0.4, 0.5) is 0 Å². The maximum Gasteiger partial charge on any atom is 0.336 e. The number of rotatable bonds is 4. The number of aromatic carboxylic acids is 1. The van der Waals surface area contributed by atoms with Crippen molar-refractivity contribution < 1.29 is 14.6 Å². The first-order chi connectivity index (χ1) is 9.06. The van der Waals surface area contributed by atoms with E-state index in [9.17, 15) is 4.79 Å². The molecule has 0 amide bonds. The normalized spacial score (nSPS) is 27.2. The van der Waals surface area contributed by atoms with Gasteiger partial charge in [-0.2, -0.15) is 0 Å². The van der Waals surface area contributed by atoms with Crippen LogP contribution < -0.4 is 0 Å². The summed E-state index contributed by atoms with van der Waals surface area (Å²) in [5, 5.41) is 9.13. The Bertz CT molecular complexity index is 431. The second-order valence-electron chi connectivity index (χ2n) is 5.81. The van der Waals surface area contributed by atoms with Crippen molar-refractivity contribution in [2.24, 2.45) is 11.8 Å². The molecule has 0 radical (unpaired) electrons. The third kappa shape index (κ3) is 3.80. The van der Waals surface area contributed by atoms with E-state index in [0.29, 0.717) is 24.0 Å². The molecule has 2 unspecified atom stereocenters. The lowest BCUT2D eigenvalue weighted by Gasteiger charge is -2.31. The fraction of sp³-hybridized carbons (Fsp3) is 0.562. The minimum absolute atomic E-state index is 0.264. The van der Waals surface area contributed by atoms with Crippen molar-refractivity contribution in [2.45, 2.75) is 45.8 Å². The molecule has 1 saturated carbocycles. The van der Waals surface area contributed by atoms with Crippen molar-refractivity contribution >= 4 is 5.97 Å². The molecule has 3 heteroatoms. The summed E-state index contributed by atoms with van der Waals surface area (Å²) in [4.78, 5) is 11.1. The number of benzene rings is 1. The van der Waals surface area contributed by atoms with Crippen LogP contribution in [-0.2, 0) is 11.3 Å². The molecule has 0 heterocycles. The Kier molecular flexibility index (Phi) is 4.59. The number of carboxylic acid groups (broad SMARTS) is 1. The standard InChI is InChI=1S/C16H22O3/c1-11-7-12(2)9-14(8-11)19-10-13-5-3-4-6-15(13)16(17)18/h3-6,11-12,14H,7-10H2,1-2H3,(H,17,18). The van der Waals surface area contributed by atoms with Crippen molar-refractivity contribution in [3.8, 4) is 0 Å².